The summed E-state index contributed by atoms with van der Waals surface area (Å²) in [5.74, 6) is 0.736. The van der Waals surface area contributed by atoms with E-state index in [0.717, 1.165) is 24.2 Å². The molecule has 170 valence electrons. The van der Waals surface area contributed by atoms with Crippen molar-refractivity contribution >= 4 is 23.4 Å². The number of anilines is 1. The highest BCUT2D eigenvalue weighted by Crippen LogP contribution is 2.38. The number of para-hydroxylation sites is 1. The van der Waals surface area contributed by atoms with Crippen LogP contribution in [-0.2, 0) is 4.79 Å². The van der Waals surface area contributed by atoms with E-state index in [1.807, 2.05) is 61.7 Å². The van der Waals surface area contributed by atoms with E-state index in [4.69, 9.17) is 9.84 Å². The molecule has 7 nitrogen and oxygen atoms in total. The van der Waals surface area contributed by atoms with Crippen LogP contribution >= 0.6 is 11.8 Å². The number of aromatic nitrogens is 3. The second kappa shape index (κ2) is 9.02. The molecule has 1 fully saturated rings. The van der Waals surface area contributed by atoms with E-state index in [2.05, 4.69) is 4.98 Å². The highest BCUT2D eigenvalue weighted by atomic mass is 32.2. The van der Waals surface area contributed by atoms with Crippen LogP contribution in [0.5, 0.6) is 5.75 Å². The van der Waals surface area contributed by atoms with E-state index in [1.165, 1.54) is 24.6 Å². The molecule has 1 saturated carbocycles. The van der Waals surface area contributed by atoms with Crippen molar-refractivity contribution in [3.63, 3.8) is 0 Å². The van der Waals surface area contributed by atoms with E-state index in [-0.39, 0.29) is 17.6 Å². The largest absolute Gasteiger partial charge is 0.490 e. The van der Waals surface area contributed by atoms with Crippen molar-refractivity contribution in [1.82, 2.24) is 10.1 Å². The molecule has 1 aliphatic carbocycles. The Morgan fingerprint density at radius 2 is 2.00 bits per heavy atom. The van der Waals surface area contributed by atoms with Gasteiger partial charge in [0.05, 0.1) is 17.4 Å². The molecule has 8 heteroatoms. The maximum atomic E-state index is 13.3. The summed E-state index contributed by atoms with van der Waals surface area (Å²) in [6.45, 7) is 1.85. The maximum Gasteiger partial charge on any atom is 0.325 e. The number of H-pyrrole nitrogens is 1. The SMILES string of the molecule is CCC(=O)N1c2ccccc2-c2c(=O)[nH]c(SC)n[n+]2[C@H]1c1cccc(OC2CCCC2)c1. The number of aromatic amines is 1. The van der Waals surface area contributed by atoms with E-state index >= 15 is 0 Å². The predicted molar refractivity (Wildman–Crippen MR) is 128 cm³/mol. The van der Waals surface area contributed by atoms with Gasteiger partial charge in [0.2, 0.25) is 11.1 Å². The smallest absolute Gasteiger partial charge is 0.325 e. The molecule has 1 aromatic heterocycles. The Bertz CT molecular complexity index is 1250. The van der Waals surface area contributed by atoms with Gasteiger partial charge in [0.1, 0.15) is 5.75 Å². The summed E-state index contributed by atoms with van der Waals surface area (Å²) >= 11 is 1.36. The third kappa shape index (κ3) is 3.93. The van der Waals surface area contributed by atoms with Gasteiger partial charge in [0.15, 0.2) is 0 Å². The molecule has 3 aromatic rings. The summed E-state index contributed by atoms with van der Waals surface area (Å²) in [5, 5.41) is 5.23. The second-order valence-electron chi connectivity index (χ2n) is 8.36. The zero-order chi connectivity index (χ0) is 22.9. The van der Waals surface area contributed by atoms with Crippen molar-refractivity contribution < 1.29 is 14.2 Å². The van der Waals surface area contributed by atoms with Gasteiger partial charge >= 0.3 is 11.3 Å². The zero-order valence-corrected chi connectivity index (χ0v) is 19.6. The van der Waals surface area contributed by atoms with E-state index in [1.54, 1.807) is 9.58 Å². The molecule has 2 heterocycles. The molecule has 0 unspecified atom stereocenters. The van der Waals surface area contributed by atoms with Gasteiger partial charge in [-0.25, -0.2) is 4.90 Å². The van der Waals surface area contributed by atoms with Crippen molar-refractivity contribution in [2.45, 2.75) is 56.5 Å². The average molecular weight is 464 g/mol. The summed E-state index contributed by atoms with van der Waals surface area (Å²) in [4.78, 5) is 31.1. The maximum absolute atomic E-state index is 13.3. The minimum Gasteiger partial charge on any atom is -0.490 e. The van der Waals surface area contributed by atoms with Gasteiger partial charge < -0.3 is 4.74 Å². The van der Waals surface area contributed by atoms with Crippen LogP contribution in [0, 0.1) is 0 Å². The van der Waals surface area contributed by atoms with Gasteiger partial charge in [0, 0.05) is 17.1 Å². The fourth-order valence-corrected chi connectivity index (χ4v) is 5.12. The third-order valence-electron chi connectivity index (χ3n) is 6.28. The molecule has 1 N–H and O–H groups in total. The fourth-order valence-electron chi connectivity index (χ4n) is 4.75. The first-order valence-electron chi connectivity index (χ1n) is 11.4. The number of nitrogens with zero attached hydrogens (tertiary/aromatic N) is 3. The number of hydrogen-bond acceptors (Lipinski definition) is 5. The Labute approximate surface area is 196 Å². The van der Waals surface area contributed by atoms with Crippen molar-refractivity contribution in [1.29, 1.82) is 0 Å². The third-order valence-corrected chi connectivity index (χ3v) is 6.85. The first-order valence-corrected chi connectivity index (χ1v) is 12.6. The Morgan fingerprint density at radius 3 is 2.76 bits per heavy atom. The monoisotopic (exact) mass is 463 g/mol. The van der Waals surface area contributed by atoms with E-state index < -0.39 is 6.17 Å². The molecule has 0 saturated heterocycles. The fraction of sp³-hybridized carbons (Fsp3) is 0.360. The highest BCUT2D eigenvalue weighted by Gasteiger charge is 2.45. The average Bonchev–Trinajstić information content (AvgIpc) is 3.35. The van der Waals surface area contributed by atoms with Gasteiger partial charge in [0.25, 0.3) is 6.17 Å². The Balaban J connectivity index is 1.71. The number of fused-ring (bicyclic) bond motifs is 3. The number of rotatable bonds is 5. The molecule has 2 aromatic carbocycles. The molecule has 33 heavy (non-hydrogen) atoms. The summed E-state index contributed by atoms with van der Waals surface area (Å²) in [6, 6.07) is 15.4. The lowest BCUT2D eigenvalue weighted by Crippen LogP contribution is -2.60. The quantitative estimate of drug-likeness (QED) is 0.456. The Morgan fingerprint density at radius 1 is 1.21 bits per heavy atom. The summed E-state index contributed by atoms with van der Waals surface area (Å²) < 4.78 is 7.94. The van der Waals surface area contributed by atoms with Gasteiger partial charge in [-0.3, -0.25) is 14.6 Å². The molecular formula is C25H27N4O3S+. The number of benzene rings is 2. The van der Waals surface area contributed by atoms with Crippen molar-refractivity contribution in [3.05, 3.63) is 64.4 Å². The number of hydrogen-bond donors (Lipinski definition) is 1. The molecule has 1 atom stereocenters. The molecule has 1 amide bonds. The van der Waals surface area contributed by atoms with Crippen LogP contribution in [0.1, 0.15) is 50.8 Å². The topological polar surface area (TPSA) is 79.2 Å². The molecule has 0 spiro atoms. The number of ether oxygens (including phenoxy) is 1. The van der Waals surface area contributed by atoms with Gasteiger partial charge in [-0.2, -0.15) is 0 Å². The van der Waals surface area contributed by atoms with Crippen LogP contribution < -0.4 is 19.9 Å². The number of nitrogens with one attached hydrogen (secondary N) is 1. The molecule has 1 aliphatic heterocycles. The molecule has 2 aliphatic rings. The highest BCUT2D eigenvalue weighted by molar-refractivity contribution is 7.98. The minimum atomic E-state index is -0.595. The summed E-state index contributed by atoms with van der Waals surface area (Å²) in [5.41, 5.74) is 2.46. The van der Waals surface area contributed by atoms with E-state index in [9.17, 15) is 9.59 Å². The molecule has 5 rings (SSSR count). The molecular weight excluding hydrogens is 436 g/mol. The number of amides is 1. The van der Waals surface area contributed by atoms with Crippen LogP contribution in [0.3, 0.4) is 0 Å². The minimum absolute atomic E-state index is 0.0412. The zero-order valence-electron chi connectivity index (χ0n) is 18.8. The van der Waals surface area contributed by atoms with Crippen molar-refractivity contribution in [2.75, 3.05) is 11.2 Å². The lowest BCUT2D eigenvalue weighted by atomic mass is 10.0. The molecule has 0 radical (unpaired) electrons. The van der Waals surface area contributed by atoms with Gasteiger partial charge in [-0.1, -0.05) is 36.9 Å². The van der Waals surface area contributed by atoms with Crippen LogP contribution in [-0.4, -0.2) is 28.3 Å². The second-order valence-corrected chi connectivity index (χ2v) is 9.16. The van der Waals surface area contributed by atoms with Crippen molar-refractivity contribution in [2.24, 2.45) is 0 Å². The van der Waals surface area contributed by atoms with E-state index in [0.29, 0.717) is 28.5 Å². The standard InChI is InChI=1S/C25H26N4O3S/c1-3-21(30)28-20-14-7-6-13-19(20)22-23(31)26-25(33-2)27-29(22)24(28)16-9-8-12-18(15-16)32-17-10-4-5-11-17/h6-9,12-15,17,24H,3-5,10-11H2,1-2H3/p+1/t24-/m0/s1. The van der Waals surface area contributed by atoms with Crippen LogP contribution in [0.4, 0.5) is 5.69 Å². The van der Waals surface area contributed by atoms with Gasteiger partial charge in [-0.15, -0.1) is 0 Å². The number of thioether (sulfide) groups is 1. The van der Waals surface area contributed by atoms with Gasteiger partial charge in [-0.05, 0) is 67.0 Å². The number of carbonyl (C=O) groups is 1. The van der Waals surface area contributed by atoms with Crippen molar-refractivity contribution in [3.8, 4) is 17.0 Å². The Hall–Kier alpha value is -3.13. The molecule has 0 bridgehead atoms. The first-order chi connectivity index (χ1) is 16.1. The van der Waals surface area contributed by atoms with Crippen LogP contribution in [0.15, 0.2) is 58.5 Å². The summed E-state index contributed by atoms with van der Waals surface area (Å²) in [6.07, 6.45) is 6.33. The van der Waals surface area contributed by atoms with Crippen LogP contribution in [0.2, 0.25) is 0 Å². The lowest BCUT2D eigenvalue weighted by molar-refractivity contribution is -0.763. The summed E-state index contributed by atoms with van der Waals surface area (Å²) in [7, 11) is 0. The Kier molecular flexibility index (Phi) is 5.93. The lowest BCUT2D eigenvalue weighted by Gasteiger charge is -2.32. The van der Waals surface area contributed by atoms with Crippen LogP contribution in [0.25, 0.3) is 11.3 Å². The number of carbonyl (C=O) groups excluding carboxylic acids is 1. The first kappa shape index (κ1) is 21.7. The predicted octanol–water partition coefficient (Wildman–Crippen LogP) is 4.07. The normalized spacial score (nSPS) is 17.5.